The van der Waals surface area contributed by atoms with Crippen LogP contribution in [0, 0.1) is 0 Å². The quantitative estimate of drug-likeness (QED) is 0.715. The Kier molecular flexibility index (Phi) is 5.38. The fraction of sp³-hybridized carbons (Fsp3) is 0.158. The van der Waals surface area contributed by atoms with Crippen LogP contribution in [-0.4, -0.2) is 32.9 Å². The van der Waals surface area contributed by atoms with Crippen LogP contribution in [0.5, 0.6) is 0 Å². The van der Waals surface area contributed by atoms with Crippen molar-refractivity contribution in [2.75, 3.05) is 5.32 Å². The summed E-state index contributed by atoms with van der Waals surface area (Å²) in [6.45, 7) is 1.80. The highest BCUT2D eigenvalue weighted by Crippen LogP contribution is 2.19. The van der Waals surface area contributed by atoms with Gasteiger partial charge in [-0.3, -0.25) is 9.59 Å². The van der Waals surface area contributed by atoms with Gasteiger partial charge < -0.3 is 10.6 Å². The molecule has 7 heteroatoms. The second-order valence-corrected chi connectivity index (χ2v) is 5.86. The smallest absolute Gasteiger partial charge is 0.251 e. The molecule has 0 saturated heterocycles. The maximum absolute atomic E-state index is 12.4. The lowest BCUT2D eigenvalue weighted by molar-refractivity contribution is -0.116. The van der Waals surface area contributed by atoms with E-state index in [4.69, 9.17) is 0 Å². The molecule has 0 aliphatic heterocycles. The predicted molar refractivity (Wildman–Crippen MR) is 98.0 cm³/mol. The molecule has 0 radical (unpaired) electrons. The molecule has 1 heterocycles. The Morgan fingerprint density at radius 3 is 2.54 bits per heavy atom. The lowest BCUT2D eigenvalue weighted by Gasteiger charge is -2.15. The molecule has 0 unspecified atom stereocenters. The lowest BCUT2D eigenvalue weighted by Crippen LogP contribution is -2.35. The lowest BCUT2D eigenvalue weighted by atomic mass is 10.1. The molecule has 7 nitrogen and oxygen atoms in total. The Labute approximate surface area is 151 Å². The van der Waals surface area contributed by atoms with Crippen LogP contribution in [0.15, 0.2) is 67.0 Å². The molecule has 0 saturated carbocycles. The molecule has 1 aromatic heterocycles. The van der Waals surface area contributed by atoms with Gasteiger partial charge in [0, 0.05) is 18.0 Å². The van der Waals surface area contributed by atoms with Crippen molar-refractivity contribution in [3.05, 3.63) is 72.6 Å². The number of aromatic nitrogens is 3. The molecule has 0 bridgehead atoms. The first-order chi connectivity index (χ1) is 12.6. The molecule has 3 aromatic rings. The minimum absolute atomic E-state index is 0.157. The molecular formula is C19H19N5O2. The van der Waals surface area contributed by atoms with Gasteiger partial charge in [-0.05, 0) is 31.2 Å². The molecule has 1 atom stereocenters. The Morgan fingerprint density at radius 2 is 1.81 bits per heavy atom. The number of hydrogen-bond acceptors (Lipinski definition) is 4. The number of benzene rings is 2. The standard InChI is InChI=1S/C19H19N5O2/c1-14(21-19(26)15-7-3-2-4-8-15)13-18(25)22-16-9-5-6-10-17(16)24-12-11-20-23-24/h2-12,14H,13H2,1H3,(H,21,26)(H,22,25)/t14-/m0/s1. The summed E-state index contributed by atoms with van der Waals surface area (Å²) in [6, 6.07) is 15.9. The van der Waals surface area contributed by atoms with E-state index in [0.717, 1.165) is 5.69 Å². The van der Waals surface area contributed by atoms with Gasteiger partial charge in [-0.1, -0.05) is 35.5 Å². The van der Waals surface area contributed by atoms with E-state index in [2.05, 4.69) is 20.9 Å². The normalized spacial score (nSPS) is 11.6. The van der Waals surface area contributed by atoms with Crippen molar-refractivity contribution in [2.24, 2.45) is 0 Å². The molecule has 0 spiro atoms. The summed E-state index contributed by atoms with van der Waals surface area (Å²) in [5.41, 5.74) is 1.92. The largest absolute Gasteiger partial charge is 0.349 e. The molecular weight excluding hydrogens is 330 g/mol. The fourth-order valence-electron chi connectivity index (χ4n) is 2.54. The van der Waals surface area contributed by atoms with Gasteiger partial charge in [-0.15, -0.1) is 5.10 Å². The number of anilines is 1. The zero-order chi connectivity index (χ0) is 18.4. The number of nitrogens with zero attached hydrogens (tertiary/aromatic N) is 3. The maximum Gasteiger partial charge on any atom is 0.251 e. The molecule has 132 valence electrons. The average molecular weight is 349 g/mol. The van der Waals surface area contributed by atoms with E-state index in [1.54, 1.807) is 54.3 Å². The molecule has 2 N–H and O–H groups in total. The minimum Gasteiger partial charge on any atom is -0.349 e. The summed E-state index contributed by atoms with van der Waals surface area (Å²) in [6.07, 6.45) is 3.43. The molecule has 0 aliphatic rings. The van der Waals surface area contributed by atoms with Crippen LogP contribution in [-0.2, 0) is 4.79 Å². The number of para-hydroxylation sites is 2. The minimum atomic E-state index is -0.304. The van der Waals surface area contributed by atoms with Gasteiger partial charge in [0.2, 0.25) is 5.91 Å². The van der Waals surface area contributed by atoms with E-state index in [1.807, 2.05) is 24.3 Å². The van der Waals surface area contributed by atoms with Gasteiger partial charge in [0.1, 0.15) is 0 Å². The van der Waals surface area contributed by atoms with Gasteiger partial charge in [-0.2, -0.15) is 0 Å². The van der Waals surface area contributed by atoms with Gasteiger partial charge >= 0.3 is 0 Å². The summed E-state index contributed by atoms with van der Waals surface area (Å²) in [5.74, 6) is -0.396. The van der Waals surface area contributed by atoms with Crippen LogP contribution < -0.4 is 10.6 Å². The first-order valence-electron chi connectivity index (χ1n) is 8.25. The van der Waals surface area contributed by atoms with Crippen molar-refractivity contribution in [1.29, 1.82) is 0 Å². The van der Waals surface area contributed by atoms with Crippen LogP contribution in [0.1, 0.15) is 23.7 Å². The van der Waals surface area contributed by atoms with Gasteiger partial charge in [-0.25, -0.2) is 4.68 Å². The Bertz CT molecular complexity index is 878. The van der Waals surface area contributed by atoms with Crippen molar-refractivity contribution in [3.63, 3.8) is 0 Å². The first-order valence-corrected chi connectivity index (χ1v) is 8.25. The number of rotatable bonds is 6. The summed E-state index contributed by atoms with van der Waals surface area (Å²) < 4.78 is 1.58. The molecule has 0 aliphatic carbocycles. The highest BCUT2D eigenvalue weighted by Gasteiger charge is 2.14. The van der Waals surface area contributed by atoms with Crippen LogP contribution in [0.3, 0.4) is 0 Å². The summed E-state index contributed by atoms with van der Waals surface area (Å²) in [5, 5.41) is 13.4. The van der Waals surface area contributed by atoms with Crippen molar-refractivity contribution < 1.29 is 9.59 Å². The van der Waals surface area contributed by atoms with Gasteiger partial charge in [0.15, 0.2) is 0 Å². The van der Waals surface area contributed by atoms with Crippen LogP contribution in [0.4, 0.5) is 5.69 Å². The van der Waals surface area contributed by atoms with Crippen molar-refractivity contribution in [2.45, 2.75) is 19.4 Å². The average Bonchev–Trinajstić information content (AvgIpc) is 3.17. The van der Waals surface area contributed by atoms with Crippen molar-refractivity contribution in [1.82, 2.24) is 20.3 Å². The summed E-state index contributed by atoms with van der Waals surface area (Å²) in [7, 11) is 0. The van der Waals surface area contributed by atoms with E-state index in [1.165, 1.54) is 0 Å². The molecule has 0 fully saturated rings. The number of carbonyl (C=O) groups excluding carboxylic acids is 2. The van der Waals surface area contributed by atoms with Crippen LogP contribution in [0.25, 0.3) is 5.69 Å². The maximum atomic E-state index is 12.4. The highest BCUT2D eigenvalue weighted by atomic mass is 16.2. The zero-order valence-corrected chi connectivity index (χ0v) is 14.3. The van der Waals surface area contributed by atoms with E-state index in [-0.39, 0.29) is 24.3 Å². The SMILES string of the molecule is C[C@@H](CC(=O)Nc1ccccc1-n1ccnn1)NC(=O)c1ccccc1. The number of hydrogen-bond donors (Lipinski definition) is 2. The van der Waals surface area contributed by atoms with Gasteiger partial charge in [0.05, 0.1) is 23.8 Å². The second-order valence-electron chi connectivity index (χ2n) is 5.86. The first kappa shape index (κ1) is 17.3. The molecule has 2 amide bonds. The third-order valence-electron chi connectivity index (χ3n) is 3.75. The second kappa shape index (κ2) is 8.06. The molecule has 26 heavy (non-hydrogen) atoms. The molecule has 3 rings (SSSR count). The third kappa shape index (κ3) is 4.32. The molecule has 2 aromatic carbocycles. The monoisotopic (exact) mass is 349 g/mol. The number of carbonyl (C=O) groups is 2. The topological polar surface area (TPSA) is 88.9 Å². The number of amides is 2. The van der Waals surface area contributed by atoms with E-state index < -0.39 is 0 Å². The summed E-state index contributed by atoms with van der Waals surface area (Å²) in [4.78, 5) is 24.5. The third-order valence-corrected chi connectivity index (χ3v) is 3.75. The summed E-state index contributed by atoms with van der Waals surface area (Å²) >= 11 is 0. The van der Waals surface area contributed by atoms with Crippen molar-refractivity contribution in [3.8, 4) is 5.69 Å². The highest BCUT2D eigenvalue weighted by molar-refractivity contribution is 5.96. The number of nitrogens with one attached hydrogen (secondary N) is 2. The van der Waals surface area contributed by atoms with Crippen LogP contribution >= 0.6 is 0 Å². The van der Waals surface area contributed by atoms with E-state index in [9.17, 15) is 9.59 Å². The Hall–Kier alpha value is -3.48. The zero-order valence-electron chi connectivity index (χ0n) is 14.3. The van der Waals surface area contributed by atoms with E-state index >= 15 is 0 Å². The fourth-order valence-corrected chi connectivity index (χ4v) is 2.54. The Balaban J connectivity index is 1.60. The van der Waals surface area contributed by atoms with E-state index in [0.29, 0.717) is 11.3 Å². The van der Waals surface area contributed by atoms with Crippen molar-refractivity contribution >= 4 is 17.5 Å². The van der Waals surface area contributed by atoms with Gasteiger partial charge in [0.25, 0.3) is 5.91 Å². The Morgan fingerprint density at radius 1 is 1.08 bits per heavy atom. The predicted octanol–water partition coefficient (Wildman–Crippen LogP) is 2.41. The van der Waals surface area contributed by atoms with Crippen LogP contribution in [0.2, 0.25) is 0 Å².